The normalized spacial score (nSPS) is 10.5. The van der Waals surface area contributed by atoms with Gasteiger partial charge in [0.2, 0.25) is 0 Å². The molecule has 1 aromatic heterocycles. The molecule has 1 N–H and O–H groups in total. The van der Waals surface area contributed by atoms with Crippen molar-refractivity contribution in [3.05, 3.63) is 63.1 Å². The van der Waals surface area contributed by atoms with Gasteiger partial charge in [-0.3, -0.25) is 24.3 Å². The number of amides is 1. The number of nitrogens with one attached hydrogen (secondary N) is 1. The lowest BCUT2D eigenvalue weighted by Gasteiger charge is -2.10. The third-order valence-electron chi connectivity index (χ3n) is 3.90. The van der Waals surface area contributed by atoms with Crippen molar-refractivity contribution < 1.29 is 28.4 Å². The van der Waals surface area contributed by atoms with E-state index >= 15 is 0 Å². The van der Waals surface area contributed by atoms with E-state index in [9.17, 15) is 24.5 Å². The molecular formula is C18H15N3O8. The van der Waals surface area contributed by atoms with Crippen LogP contribution in [0.2, 0.25) is 0 Å². The first kappa shape index (κ1) is 19.6. The number of aromatic nitrogens is 1. The van der Waals surface area contributed by atoms with E-state index < -0.39 is 35.7 Å². The number of non-ortho nitro benzene ring substituents is 1. The number of fused-ring (bicyclic) bond motifs is 1. The van der Waals surface area contributed by atoms with Crippen LogP contribution in [0.25, 0.3) is 11.1 Å². The zero-order valence-electron chi connectivity index (χ0n) is 15.1. The van der Waals surface area contributed by atoms with Gasteiger partial charge in [0, 0.05) is 6.07 Å². The maximum absolute atomic E-state index is 12.0. The number of nitrogens with zero attached hydrogens (tertiary/aromatic N) is 2. The minimum Gasteiger partial charge on any atom is -0.494 e. The fourth-order valence-electron chi connectivity index (χ4n) is 2.57. The molecule has 1 heterocycles. The Balaban J connectivity index is 1.61. The number of hydrogen-bond donors (Lipinski definition) is 1. The molecule has 11 heteroatoms. The molecule has 0 radical (unpaired) electrons. The van der Waals surface area contributed by atoms with Crippen LogP contribution in [0.1, 0.15) is 0 Å². The summed E-state index contributed by atoms with van der Waals surface area (Å²) in [4.78, 5) is 46.1. The molecular weight excluding hydrogens is 386 g/mol. The summed E-state index contributed by atoms with van der Waals surface area (Å²) in [7, 11) is 1.29. The van der Waals surface area contributed by atoms with Crippen molar-refractivity contribution in [2.45, 2.75) is 6.54 Å². The minimum absolute atomic E-state index is 0.0790. The van der Waals surface area contributed by atoms with Gasteiger partial charge in [0.25, 0.3) is 11.6 Å². The van der Waals surface area contributed by atoms with E-state index in [2.05, 4.69) is 5.32 Å². The smallest absolute Gasteiger partial charge is 0.420 e. The standard InChI is InChI=1S/C18H15N3O8/c1-27-15-8-11(21(25)26)6-7-12(15)19-16(22)10-28-17(23)9-20-13-4-2-3-5-14(13)29-18(20)24/h2-8H,9-10H2,1H3,(H,19,22). The number of anilines is 1. The topological polar surface area (TPSA) is 143 Å². The number of carbonyl (C=O) groups excluding carboxylic acids is 2. The zero-order chi connectivity index (χ0) is 21.0. The lowest BCUT2D eigenvalue weighted by molar-refractivity contribution is -0.384. The van der Waals surface area contributed by atoms with E-state index in [1.807, 2.05) is 0 Å². The van der Waals surface area contributed by atoms with Gasteiger partial charge in [0.15, 0.2) is 12.2 Å². The van der Waals surface area contributed by atoms with Crippen LogP contribution in [0, 0.1) is 10.1 Å². The first-order chi connectivity index (χ1) is 13.9. The molecule has 1 amide bonds. The molecule has 0 saturated heterocycles. The summed E-state index contributed by atoms with van der Waals surface area (Å²) in [6.07, 6.45) is 0. The molecule has 3 rings (SSSR count). The highest BCUT2D eigenvalue weighted by atomic mass is 16.6. The molecule has 11 nitrogen and oxygen atoms in total. The summed E-state index contributed by atoms with van der Waals surface area (Å²) < 4.78 is 16.0. The Hall–Kier alpha value is -4.15. The molecule has 0 atom stereocenters. The van der Waals surface area contributed by atoms with Crippen molar-refractivity contribution >= 4 is 34.4 Å². The summed E-state index contributed by atoms with van der Waals surface area (Å²) in [5.41, 5.74) is 0.725. The quantitative estimate of drug-likeness (QED) is 0.358. The third kappa shape index (κ3) is 4.40. The Kier molecular flexibility index (Phi) is 5.58. The molecule has 0 unspecified atom stereocenters. The van der Waals surface area contributed by atoms with Crippen molar-refractivity contribution in [1.82, 2.24) is 4.57 Å². The monoisotopic (exact) mass is 401 g/mol. The van der Waals surface area contributed by atoms with Gasteiger partial charge < -0.3 is 19.2 Å². The molecule has 3 aromatic rings. The maximum atomic E-state index is 12.0. The van der Waals surface area contributed by atoms with Crippen molar-refractivity contribution in [3.8, 4) is 5.75 Å². The van der Waals surface area contributed by atoms with E-state index in [4.69, 9.17) is 13.9 Å². The Morgan fingerprint density at radius 1 is 1.24 bits per heavy atom. The SMILES string of the molecule is COc1cc([N+](=O)[O-])ccc1NC(=O)COC(=O)Cn1c(=O)oc2ccccc21. The van der Waals surface area contributed by atoms with Crippen LogP contribution < -0.4 is 15.8 Å². The molecule has 0 bridgehead atoms. The van der Waals surface area contributed by atoms with Crippen LogP contribution in [0.15, 0.2) is 51.7 Å². The molecule has 150 valence electrons. The second-order valence-electron chi connectivity index (χ2n) is 5.77. The molecule has 0 fully saturated rings. The second kappa shape index (κ2) is 8.25. The van der Waals surface area contributed by atoms with Gasteiger partial charge >= 0.3 is 11.7 Å². The maximum Gasteiger partial charge on any atom is 0.420 e. The summed E-state index contributed by atoms with van der Waals surface area (Å²) in [6, 6.07) is 10.2. The van der Waals surface area contributed by atoms with Crippen LogP contribution in [0.3, 0.4) is 0 Å². The van der Waals surface area contributed by atoms with Crippen molar-refractivity contribution in [1.29, 1.82) is 0 Å². The number of ether oxygens (including phenoxy) is 2. The third-order valence-corrected chi connectivity index (χ3v) is 3.90. The number of nitro benzene ring substituents is 1. The largest absolute Gasteiger partial charge is 0.494 e. The highest BCUT2D eigenvalue weighted by Gasteiger charge is 2.16. The van der Waals surface area contributed by atoms with Gasteiger partial charge in [-0.2, -0.15) is 0 Å². The number of para-hydroxylation sites is 2. The van der Waals surface area contributed by atoms with Gasteiger partial charge in [-0.25, -0.2) is 4.79 Å². The van der Waals surface area contributed by atoms with Crippen molar-refractivity contribution in [2.24, 2.45) is 0 Å². The van der Waals surface area contributed by atoms with Gasteiger partial charge in [-0.05, 0) is 18.2 Å². The first-order valence-electron chi connectivity index (χ1n) is 8.25. The number of oxazole rings is 1. The molecule has 0 aliphatic rings. The Morgan fingerprint density at radius 2 is 2.00 bits per heavy atom. The van der Waals surface area contributed by atoms with Crippen LogP contribution in [-0.4, -0.2) is 35.1 Å². The summed E-state index contributed by atoms with van der Waals surface area (Å²) in [5, 5.41) is 13.2. The lowest BCUT2D eigenvalue weighted by Crippen LogP contribution is -2.26. The predicted molar refractivity (Wildman–Crippen MR) is 99.7 cm³/mol. The van der Waals surface area contributed by atoms with E-state index in [0.29, 0.717) is 11.1 Å². The number of benzene rings is 2. The Morgan fingerprint density at radius 3 is 2.72 bits per heavy atom. The fourth-order valence-corrected chi connectivity index (χ4v) is 2.57. The van der Waals surface area contributed by atoms with Crippen LogP contribution in [0.5, 0.6) is 5.75 Å². The lowest BCUT2D eigenvalue weighted by atomic mass is 10.2. The second-order valence-corrected chi connectivity index (χ2v) is 5.77. The summed E-state index contributed by atoms with van der Waals surface area (Å²) in [6.45, 7) is -1.05. The number of esters is 1. The van der Waals surface area contributed by atoms with Crippen molar-refractivity contribution in [3.63, 3.8) is 0 Å². The van der Waals surface area contributed by atoms with Gasteiger partial charge in [0.1, 0.15) is 12.3 Å². The molecule has 0 aliphatic carbocycles. The Labute approximate surface area is 162 Å². The highest BCUT2D eigenvalue weighted by Crippen LogP contribution is 2.28. The minimum atomic E-state index is -0.815. The predicted octanol–water partition coefficient (Wildman–Crippen LogP) is 1.69. The Bertz CT molecular complexity index is 1150. The molecule has 0 spiro atoms. The number of nitro groups is 1. The molecule has 0 aliphatic heterocycles. The average Bonchev–Trinajstić information content (AvgIpc) is 3.01. The number of hydrogen-bond acceptors (Lipinski definition) is 8. The van der Waals surface area contributed by atoms with Crippen LogP contribution in [0.4, 0.5) is 11.4 Å². The molecule has 2 aromatic carbocycles. The first-order valence-corrected chi connectivity index (χ1v) is 8.25. The van der Waals surface area contributed by atoms with E-state index in [1.165, 1.54) is 19.2 Å². The number of rotatable bonds is 7. The van der Waals surface area contributed by atoms with Gasteiger partial charge in [0.05, 0.1) is 29.3 Å². The van der Waals surface area contributed by atoms with Crippen LogP contribution >= 0.6 is 0 Å². The van der Waals surface area contributed by atoms with E-state index in [-0.39, 0.29) is 17.1 Å². The molecule has 0 saturated carbocycles. The fraction of sp³-hybridized carbons (Fsp3) is 0.167. The zero-order valence-corrected chi connectivity index (χ0v) is 15.1. The van der Waals surface area contributed by atoms with E-state index in [1.54, 1.807) is 24.3 Å². The van der Waals surface area contributed by atoms with Crippen molar-refractivity contribution in [2.75, 3.05) is 19.0 Å². The van der Waals surface area contributed by atoms with E-state index in [0.717, 1.165) is 10.6 Å². The molecule has 29 heavy (non-hydrogen) atoms. The van der Waals surface area contributed by atoms with Crippen LogP contribution in [-0.2, 0) is 20.9 Å². The average molecular weight is 401 g/mol. The van der Waals surface area contributed by atoms with Gasteiger partial charge in [-0.1, -0.05) is 12.1 Å². The number of methoxy groups -OCH3 is 1. The summed E-state index contributed by atoms with van der Waals surface area (Å²) >= 11 is 0. The van der Waals surface area contributed by atoms with Gasteiger partial charge in [-0.15, -0.1) is 0 Å². The highest BCUT2D eigenvalue weighted by molar-refractivity contribution is 5.94. The number of carbonyl (C=O) groups is 2. The summed E-state index contributed by atoms with van der Waals surface area (Å²) in [5.74, 6) is -2.14.